The lowest BCUT2D eigenvalue weighted by atomic mass is 10.2. The summed E-state index contributed by atoms with van der Waals surface area (Å²) in [6.45, 7) is 4.50. The zero-order valence-corrected chi connectivity index (χ0v) is 12.7. The molecule has 0 aliphatic carbocycles. The van der Waals surface area contributed by atoms with E-state index in [-0.39, 0.29) is 5.75 Å². The van der Waals surface area contributed by atoms with Crippen LogP contribution in [-0.4, -0.2) is 40.4 Å². The number of unbranched alkanes of at least 4 members (excludes halogenated alkanes) is 1. The normalized spacial score (nSPS) is 14.8. The maximum absolute atomic E-state index is 11.7. The summed E-state index contributed by atoms with van der Waals surface area (Å²) < 4.78 is 31.7. The number of benzene rings is 1. The van der Waals surface area contributed by atoms with Gasteiger partial charge in [0.2, 0.25) is 10.0 Å². The lowest BCUT2D eigenvalue weighted by molar-refractivity contribution is 0.308. The van der Waals surface area contributed by atoms with Crippen LogP contribution in [0.15, 0.2) is 24.3 Å². The Kier molecular flexibility index (Phi) is 5.25. The first kappa shape index (κ1) is 15.1. The molecule has 0 fully saturated rings. The summed E-state index contributed by atoms with van der Waals surface area (Å²) in [6.07, 6.45) is 1.59. The Morgan fingerprint density at radius 3 is 2.95 bits per heavy atom. The van der Waals surface area contributed by atoms with Crippen LogP contribution in [0.4, 0.5) is 5.69 Å². The molecule has 0 saturated heterocycles. The topological polar surface area (TPSA) is 58.6 Å². The predicted molar refractivity (Wildman–Crippen MR) is 80.8 cm³/mol. The third-order valence-corrected chi connectivity index (χ3v) is 4.77. The fourth-order valence-electron chi connectivity index (χ4n) is 2.20. The molecule has 0 unspecified atom stereocenters. The van der Waals surface area contributed by atoms with Crippen LogP contribution in [0, 0.1) is 0 Å². The smallest absolute Gasteiger partial charge is 0.211 e. The molecule has 0 amide bonds. The van der Waals surface area contributed by atoms with Gasteiger partial charge in [0.25, 0.3) is 0 Å². The number of fused-ring (bicyclic) bond motifs is 1. The highest BCUT2D eigenvalue weighted by Crippen LogP contribution is 2.30. The van der Waals surface area contributed by atoms with Gasteiger partial charge in [0, 0.05) is 13.1 Å². The van der Waals surface area contributed by atoms with E-state index in [1.54, 1.807) is 0 Å². The zero-order chi connectivity index (χ0) is 14.4. The van der Waals surface area contributed by atoms with Crippen molar-refractivity contribution in [1.82, 2.24) is 4.72 Å². The molecule has 0 spiro atoms. The molecule has 1 heterocycles. The average Bonchev–Trinajstić information content (AvgIpc) is 2.45. The van der Waals surface area contributed by atoms with E-state index in [0.717, 1.165) is 24.4 Å². The van der Waals surface area contributed by atoms with Gasteiger partial charge in [0.05, 0.1) is 18.0 Å². The molecule has 1 aliphatic rings. The lowest BCUT2D eigenvalue weighted by Gasteiger charge is -2.31. The minimum Gasteiger partial charge on any atom is -0.490 e. The molecule has 2 rings (SSSR count). The van der Waals surface area contributed by atoms with Crippen LogP contribution in [0.25, 0.3) is 0 Å². The first-order valence-electron chi connectivity index (χ1n) is 7.06. The lowest BCUT2D eigenvalue weighted by Crippen LogP contribution is -2.39. The van der Waals surface area contributed by atoms with Crippen LogP contribution in [0.1, 0.15) is 19.8 Å². The predicted octanol–water partition coefficient (Wildman–Crippen LogP) is 1.60. The molecule has 0 aromatic heterocycles. The number of nitrogens with one attached hydrogen (secondary N) is 1. The summed E-state index contributed by atoms with van der Waals surface area (Å²) in [6, 6.07) is 7.84. The number of para-hydroxylation sites is 2. The van der Waals surface area contributed by atoms with Gasteiger partial charge in [-0.3, -0.25) is 0 Å². The summed E-state index contributed by atoms with van der Waals surface area (Å²) in [5.41, 5.74) is 1.03. The van der Waals surface area contributed by atoms with Gasteiger partial charge in [-0.25, -0.2) is 13.1 Å². The molecule has 1 aromatic rings. The van der Waals surface area contributed by atoms with Crippen LogP contribution >= 0.6 is 0 Å². The Morgan fingerprint density at radius 1 is 1.35 bits per heavy atom. The first-order chi connectivity index (χ1) is 9.62. The second-order valence-corrected chi connectivity index (χ2v) is 6.80. The number of hydrogen-bond acceptors (Lipinski definition) is 4. The summed E-state index contributed by atoms with van der Waals surface area (Å²) in [5, 5.41) is 0. The van der Waals surface area contributed by atoms with E-state index in [2.05, 4.69) is 9.62 Å². The summed E-state index contributed by atoms with van der Waals surface area (Å²) >= 11 is 0. The van der Waals surface area contributed by atoms with Gasteiger partial charge in [-0.1, -0.05) is 25.5 Å². The quantitative estimate of drug-likeness (QED) is 0.831. The van der Waals surface area contributed by atoms with E-state index >= 15 is 0 Å². The number of nitrogens with zero attached hydrogens (tertiary/aromatic N) is 1. The van der Waals surface area contributed by atoms with Crippen molar-refractivity contribution in [3.8, 4) is 5.75 Å². The average molecular weight is 298 g/mol. The van der Waals surface area contributed by atoms with Crippen LogP contribution in [0.5, 0.6) is 5.75 Å². The summed E-state index contributed by atoms with van der Waals surface area (Å²) in [7, 11) is -3.13. The van der Waals surface area contributed by atoms with E-state index in [0.29, 0.717) is 26.1 Å². The van der Waals surface area contributed by atoms with Crippen molar-refractivity contribution in [3.05, 3.63) is 24.3 Å². The Bertz CT molecular complexity index is 531. The highest BCUT2D eigenvalue weighted by atomic mass is 32.2. The number of rotatable bonds is 7. The molecule has 1 N–H and O–H groups in total. The monoisotopic (exact) mass is 298 g/mol. The van der Waals surface area contributed by atoms with Crippen molar-refractivity contribution in [2.45, 2.75) is 19.8 Å². The molecule has 0 atom stereocenters. The van der Waals surface area contributed by atoms with E-state index in [1.165, 1.54) is 0 Å². The molecule has 5 nitrogen and oxygen atoms in total. The van der Waals surface area contributed by atoms with E-state index < -0.39 is 10.0 Å². The Hall–Kier alpha value is -1.27. The van der Waals surface area contributed by atoms with E-state index in [4.69, 9.17) is 4.74 Å². The first-order valence-corrected chi connectivity index (χ1v) is 8.72. The van der Waals surface area contributed by atoms with Gasteiger partial charge in [-0.2, -0.15) is 0 Å². The minimum absolute atomic E-state index is 0.212. The van der Waals surface area contributed by atoms with Crippen molar-refractivity contribution in [2.75, 3.05) is 36.9 Å². The highest BCUT2D eigenvalue weighted by Gasteiger charge is 2.17. The molecule has 1 aliphatic heterocycles. The van der Waals surface area contributed by atoms with Crippen molar-refractivity contribution < 1.29 is 13.2 Å². The van der Waals surface area contributed by atoms with Crippen LogP contribution in [0.3, 0.4) is 0 Å². The molecule has 0 saturated carbocycles. The maximum atomic E-state index is 11.7. The van der Waals surface area contributed by atoms with Gasteiger partial charge < -0.3 is 9.64 Å². The van der Waals surface area contributed by atoms with E-state index in [9.17, 15) is 8.42 Å². The minimum atomic E-state index is -3.13. The third kappa shape index (κ3) is 4.11. The molecule has 20 heavy (non-hydrogen) atoms. The highest BCUT2D eigenvalue weighted by molar-refractivity contribution is 7.89. The van der Waals surface area contributed by atoms with Crippen LogP contribution in [0.2, 0.25) is 0 Å². The van der Waals surface area contributed by atoms with Crippen molar-refractivity contribution in [1.29, 1.82) is 0 Å². The number of hydrogen-bond donors (Lipinski definition) is 1. The van der Waals surface area contributed by atoms with Gasteiger partial charge in [-0.15, -0.1) is 0 Å². The van der Waals surface area contributed by atoms with Gasteiger partial charge in [-0.05, 0) is 18.6 Å². The van der Waals surface area contributed by atoms with E-state index in [1.807, 2.05) is 31.2 Å². The number of ether oxygens (including phenoxy) is 1. The number of sulfonamides is 1. The van der Waals surface area contributed by atoms with Crippen LogP contribution < -0.4 is 14.4 Å². The van der Waals surface area contributed by atoms with Gasteiger partial charge in [0.15, 0.2) is 0 Å². The Labute approximate surface area is 121 Å². The van der Waals surface area contributed by atoms with Gasteiger partial charge >= 0.3 is 0 Å². The molecule has 0 radical (unpaired) electrons. The van der Waals surface area contributed by atoms with Crippen LogP contribution in [-0.2, 0) is 10.0 Å². The fourth-order valence-corrected chi connectivity index (χ4v) is 3.42. The second-order valence-electron chi connectivity index (χ2n) is 4.87. The molecule has 6 heteroatoms. The molecule has 112 valence electrons. The van der Waals surface area contributed by atoms with Crippen molar-refractivity contribution >= 4 is 15.7 Å². The largest absolute Gasteiger partial charge is 0.490 e. The maximum Gasteiger partial charge on any atom is 0.211 e. The van der Waals surface area contributed by atoms with Crippen molar-refractivity contribution in [2.24, 2.45) is 0 Å². The van der Waals surface area contributed by atoms with Crippen molar-refractivity contribution in [3.63, 3.8) is 0 Å². The molecule has 0 bridgehead atoms. The number of anilines is 1. The molecule has 1 aromatic carbocycles. The Morgan fingerprint density at radius 2 is 2.15 bits per heavy atom. The van der Waals surface area contributed by atoms with Gasteiger partial charge in [0.1, 0.15) is 12.4 Å². The summed E-state index contributed by atoms with van der Waals surface area (Å²) in [4.78, 5) is 2.15. The third-order valence-electron chi connectivity index (χ3n) is 3.30. The Balaban J connectivity index is 1.87. The standard InChI is InChI=1S/C14H22N2O3S/c1-2-3-12-20(17,18)15-8-9-16-10-11-19-14-7-5-4-6-13(14)16/h4-7,15H,2-3,8-12H2,1H3. The molecular formula is C14H22N2O3S. The SMILES string of the molecule is CCCCS(=O)(=O)NCCN1CCOc2ccccc21. The second kappa shape index (κ2) is 6.95. The molecular weight excluding hydrogens is 276 g/mol. The fraction of sp³-hybridized carbons (Fsp3) is 0.571. The zero-order valence-electron chi connectivity index (χ0n) is 11.8. The summed E-state index contributed by atoms with van der Waals surface area (Å²) in [5.74, 6) is 1.08.